The standard InChI is InChI=1S/C18H21N5O3/c1-22(13-8-14(24-2)10-15(9-13)25-3)18-16(11-19)20-12-17(21-18)23-4-6-26-7-5-23/h8-10,12H,4-7H2,1-3H3. The summed E-state index contributed by atoms with van der Waals surface area (Å²) < 4.78 is 16.0. The fourth-order valence-electron chi connectivity index (χ4n) is 2.74. The van der Waals surface area contributed by atoms with Gasteiger partial charge in [0.15, 0.2) is 11.5 Å². The molecule has 1 aromatic carbocycles. The minimum Gasteiger partial charge on any atom is -0.497 e. The molecule has 0 aliphatic carbocycles. The third-order valence-electron chi connectivity index (χ3n) is 4.22. The predicted molar refractivity (Wildman–Crippen MR) is 97.4 cm³/mol. The molecule has 8 heteroatoms. The number of nitriles is 1. The summed E-state index contributed by atoms with van der Waals surface area (Å²) in [5, 5.41) is 9.45. The fourth-order valence-corrected chi connectivity index (χ4v) is 2.74. The molecule has 0 unspecified atom stereocenters. The molecule has 1 saturated heterocycles. The van der Waals surface area contributed by atoms with Gasteiger partial charge in [-0.2, -0.15) is 5.26 Å². The van der Waals surface area contributed by atoms with Crippen LogP contribution in [-0.2, 0) is 4.74 Å². The maximum atomic E-state index is 9.45. The highest BCUT2D eigenvalue weighted by Crippen LogP contribution is 2.32. The van der Waals surface area contributed by atoms with Crippen molar-refractivity contribution < 1.29 is 14.2 Å². The fraction of sp³-hybridized carbons (Fsp3) is 0.389. The van der Waals surface area contributed by atoms with Gasteiger partial charge in [-0.25, -0.2) is 9.97 Å². The molecule has 1 aliphatic rings. The van der Waals surface area contributed by atoms with Gasteiger partial charge in [0.25, 0.3) is 0 Å². The zero-order chi connectivity index (χ0) is 18.5. The van der Waals surface area contributed by atoms with Crippen LogP contribution >= 0.6 is 0 Å². The third kappa shape index (κ3) is 3.63. The molecule has 1 fully saturated rings. The first kappa shape index (κ1) is 17.8. The molecule has 3 rings (SSSR count). The summed E-state index contributed by atoms with van der Waals surface area (Å²) in [6.45, 7) is 2.80. The van der Waals surface area contributed by atoms with Crippen molar-refractivity contribution >= 4 is 17.3 Å². The molecule has 136 valence electrons. The first-order chi connectivity index (χ1) is 12.7. The van der Waals surface area contributed by atoms with Gasteiger partial charge in [-0.3, -0.25) is 0 Å². The van der Waals surface area contributed by atoms with E-state index in [1.165, 1.54) is 0 Å². The van der Waals surface area contributed by atoms with Crippen LogP contribution in [0.2, 0.25) is 0 Å². The summed E-state index contributed by atoms with van der Waals surface area (Å²) in [5.41, 5.74) is 1.04. The van der Waals surface area contributed by atoms with Crippen molar-refractivity contribution in [1.29, 1.82) is 5.26 Å². The topological polar surface area (TPSA) is 83.7 Å². The summed E-state index contributed by atoms with van der Waals surface area (Å²) in [5.74, 6) is 2.51. The second-order valence-electron chi connectivity index (χ2n) is 5.74. The minimum atomic E-state index is 0.256. The molecular weight excluding hydrogens is 334 g/mol. The van der Waals surface area contributed by atoms with Gasteiger partial charge < -0.3 is 24.0 Å². The van der Waals surface area contributed by atoms with Gasteiger partial charge in [-0.15, -0.1) is 0 Å². The van der Waals surface area contributed by atoms with E-state index in [1.54, 1.807) is 31.4 Å². The Hall–Kier alpha value is -3.05. The van der Waals surface area contributed by atoms with Crippen LogP contribution in [0.3, 0.4) is 0 Å². The molecule has 1 aromatic heterocycles. The number of anilines is 3. The van der Waals surface area contributed by atoms with Crippen molar-refractivity contribution in [3.63, 3.8) is 0 Å². The van der Waals surface area contributed by atoms with E-state index < -0.39 is 0 Å². The van der Waals surface area contributed by atoms with E-state index in [1.807, 2.05) is 19.2 Å². The highest BCUT2D eigenvalue weighted by atomic mass is 16.5. The Balaban J connectivity index is 2.00. The van der Waals surface area contributed by atoms with Gasteiger partial charge >= 0.3 is 0 Å². The largest absolute Gasteiger partial charge is 0.497 e. The van der Waals surface area contributed by atoms with Crippen molar-refractivity contribution in [3.8, 4) is 17.6 Å². The lowest BCUT2D eigenvalue weighted by atomic mass is 10.2. The Labute approximate surface area is 152 Å². The van der Waals surface area contributed by atoms with Crippen LogP contribution in [0, 0.1) is 11.3 Å². The Bertz CT molecular complexity index is 793. The van der Waals surface area contributed by atoms with Gasteiger partial charge in [-0.05, 0) is 0 Å². The molecule has 0 bridgehead atoms. The second-order valence-corrected chi connectivity index (χ2v) is 5.74. The number of benzene rings is 1. The number of aromatic nitrogens is 2. The normalized spacial score (nSPS) is 13.8. The number of nitrogens with zero attached hydrogens (tertiary/aromatic N) is 5. The molecule has 1 aliphatic heterocycles. The monoisotopic (exact) mass is 355 g/mol. The van der Waals surface area contributed by atoms with Crippen molar-refractivity contribution in [2.45, 2.75) is 0 Å². The minimum absolute atomic E-state index is 0.256. The van der Waals surface area contributed by atoms with Crippen molar-refractivity contribution in [1.82, 2.24) is 9.97 Å². The summed E-state index contributed by atoms with van der Waals surface area (Å²) in [6.07, 6.45) is 1.63. The van der Waals surface area contributed by atoms with Crippen LogP contribution in [0.1, 0.15) is 5.69 Å². The Kier molecular flexibility index (Phi) is 5.39. The van der Waals surface area contributed by atoms with E-state index in [0.29, 0.717) is 30.5 Å². The van der Waals surface area contributed by atoms with Crippen LogP contribution in [0.15, 0.2) is 24.4 Å². The van der Waals surface area contributed by atoms with Gasteiger partial charge in [0.2, 0.25) is 0 Å². The third-order valence-corrected chi connectivity index (χ3v) is 4.22. The van der Waals surface area contributed by atoms with Crippen LogP contribution < -0.4 is 19.3 Å². The molecule has 0 saturated carbocycles. The number of ether oxygens (including phenoxy) is 3. The van der Waals surface area contributed by atoms with Crippen LogP contribution in [0.5, 0.6) is 11.5 Å². The average Bonchev–Trinajstić information content (AvgIpc) is 2.72. The van der Waals surface area contributed by atoms with E-state index in [9.17, 15) is 5.26 Å². The predicted octanol–water partition coefficient (Wildman–Crippen LogP) is 1.97. The number of morpholine rings is 1. The molecule has 0 spiro atoms. The summed E-state index contributed by atoms with van der Waals surface area (Å²) in [6, 6.07) is 7.61. The van der Waals surface area contributed by atoms with Gasteiger partial charge in [0.05, 0.1) is 33.6 Å². The van der Waals surface area contributed by atoms with Gasteiger partial charge in [-0.1, -0.05) is 0 Å². The zero-order valence-electron chi connectivity index (χ0n) is 15.1. The molecular formula is C18H21N5O3. The van der Waals surface area contributed by atoms with Gasteiger partial charge in [0.1, 0.15) is 23.4 Å². The molecule has 0 atom stereocenters. The van der Waals surface area contributed by atoms with E-state index in [2.05, 4.69) is 20.9 Å². The molecule has 2 heterocycles. The SMILES string of the molecule is COc1cc(OC)cc(N(C)c2nc(N3CCOCC3)cnc2C#N)c1. The Morgan fingerprint density at radius 3 is 2.38 bits per heavy atom. The van der Waals surface area contributed by atoms with Gasteiger partial charge in [0, 0.05) is 44.0 Å². The molecule has 0 radical (unpaired) electrons. The summed E-state index contributed by atoms with van der Waals surface area (Å²) in [4.78, 5) is 12.9. The van der Waals surface area contributed by atoms with E-state index in [0.717, 1.165) is 24.6 Å². The average molecular weight is 355 g/mol. The maximum absolute atomic E-state index is 9.45. The maximum Gasteiger partial charge on any atom is 0.183 e. The smallest absolute Gasteiger partial charge is 0.183 e. The summed E-state index contributed by atoms with van der Waals surface area (Å²) in [7, 11) is 5.03. The highest BCUT2D eigenvalue weighted by molar-refractivity contribution is 5.67. The molecule has 8 nitrogen and oxygen atoms in total. The first-order valence-electron chi connectivity index (χ1n) is 8.23. The van der Waals surface area contributed by atoms with E-state index in [-0.39, 0.29) is 5.69 Å². The molecule has 2 aromatic rings. The van der Waals surface area contributed by atoms with E-state index in [4.69, 9.17) is 14.2 Å². The van der Waals surface area contributed by atoms with Crippen LogP contribution in [-0.4, -0.2) is 57.5 Å². The number of methoxy groups -OCH3 is 2. The van der Waals surface area contributed by atoms with Crippen molar-refractivity contribution in [2.24, 2.45) is 0 Å². The zero-order valence-corrected chi connectivity index (χ0v) is 15.1. The van der Waals surface area contributed by atoms with Crippen LogP contribution in [0.4, 0.5) is 17.3 Å². The first-order valence-corrected chi connectivity index (χ1v) is 8.23. The lowest BCUT2D eigenvalue weighted by molar-refractivity contribution is 0.122. The van der Waals surface area contributed by atoms with Crippen LogP contribution in [0.25, 0.3) is 0 Å². The number of rotatable bonds is 5. The lowest BCUT2D eigenvalue weighted by Crippen LogP contribution is -2.37. The highest BCUT2D eigenvalue weighted by Gasteiger charge is 2.19. The molecule has 0 amide bonds. The Morgan fingerprint density at radius 1 is 1.15 bits per heavy atom. The number of hydrogen-bond donors (Lipinski definition) is 0. The second kappa shape index (κ2) is 7.89. The molecule has 26 heavy (non-hydrogen) atoms. The summed E-state index contributed by atoms with van der Waals surface area (Å²) >= 11 is 0. The quantitative estimate of drug-likeness (QED) is 0.805. The van der Waals surface area contributed by atoms with Crippen molar-refractivity contribution in [2.75, 3.05) is 57.4 Å². The molecule has 0 N–H and O–H groups in total. The van der Waals surface area contributed by atoms with E-state index >= 15 is 0 Å². The lowest BCUT2D eigenvalue weighted by Gasteiger charge is -2.29. The van der Waals surface area contributed by atoms with Crippen molar-refractivity contribution in [3.05, 3.63) is 30.1 Å². The Morgan fingerprint density at radius 2 is 1.81 bits per heavy atom. The number of hydrogen-bond acceptors (Lipinski definition) is 8.